The fourth-order valence-electron chi connectivity index (χ4n) is 1.79. The lowest BCUT2D eigenvalue weighted by molar-refractivity contribution is -0.144. The Morgan fingerprint density at radius 1 is 1.20 bits per heavy atom. The van der Waals surface area contributed by atoms with Gasteiger partial charge in [-0.1, -0.05) is 28.1 Å². The van der Waals surface area contributed by atoms with Crippen molar-refractivity contribution in [2.45, 2.75) is 6.42 Å². The first-order valence-corrected chi connectivity index (χ1v) is 8.49. The molecule has 112 valence electrons. The Morgan fingerprint density at radius 2 is 1.75 bits per heavy atom. The van der Waals surface area contributed by atoms with Gasteiger partial charge in [0.1, 0.15) is 0 Å². The van der Waals surface area contributed by atoms with Crippen LogP contribution in [0.15, 0.2) is 28.7 Å². The summed E-state index contributed by atoms with van der Waals surface area (Å²) in [4.78, 5) is 11.8. The molecule has 0 N–H and O–H groups in total. The normalized spacial score (nSPS) is 13.0. The van der Waals surface area contributed by atoms with Gasteiger partial charge in [-0.2, -0.15) is 0 Å². The largest absolute Gasteiger partial charge is 0.469 e. The van der Waals surface area contributed by atoms with E-state index >= 15 is 0 Å². The quantitative estimate of drug-likeness (QED) is 0.548. The first kappa shape index (κ1) is 17.4. The summed E-state index contributed by atoms with van der Waals surface area (Å²) < 4.78 is 27.7. The lowest BCUT2D eigenvalue weighted by atomic mass is 10.0. The zero-order valence-electron chi connectivity index (χ0n) is 11.7. The molecule has 0 fully saturated rings. The van der Waals surface area contributed by atoms with Crippen LogP contribution in [0.5, 0.6) is 0 Å². The second-order valence-electron chi connectivity index (χ2n) is 4.21. The van der Waals surface area contributed by atoms with Crippen molar-refractivity contribution in [2.75, 3.05) is 27.5 Å². The van der Waals surface area contributed by atoms with Gasteiger partial charge in [0.15, 0.2) is 0 Å². The van der Waals surface area contributed by atoms with Crippen molar-refractivity contribution in [3.05, 3.63) is 34.3 Å². The molecule has 0 bridgehead atoms. The minimum atomic E-state index is -3.26. The van der Waals surface area contributed by atoms with Crippen LogP contribution in [0.25, 0.3) is 0 Å². The molecule has 1 rings (SSSR count). The highest BCUT2D eigenvalue weighted by molar-refractivity contribution is 9.10. The van der Waals surface area contributed by atoms with Crippen molar-refractivity contribution in [2.24, 2.45) is 5.92 Å². The molecule has 0 spiro atoms. The van der Waals surface area contributed by atoms with Gasteiger partial charge < -0.3 is 13.8 Å². The molecule has 0 heterocycles. The Bertz CT molecular complexity index is 480. The third-order valence-corrected chi connectivity index (χ3v) is 5.46. The fourth-order valence-corrected chi connectivity index (χ4v) is 3.32. The van der Waals surface area contributed by atoms with E-state index in [1.807, 2.05) is 24.3 Å². The number of benzene rings is 1. The van der Waals surface area contributed by atoms with Gasteiger partial charge in [0, 0.05) is 18.7 Å². The molecule has 5 nitrogen and oxygen atoms in total. The highest BCUT2D eigenvalue weighted by Crippen LogP contribution is 2.48. The molecule has 0 amide bonds. The van der Waals surface area contributed by atoms with Gasteiger partial charge >= 0.3 is 13.6 Å². The zero-order valence-corrected chi connectivity index (χ0v) is 14.1. The number of carbonyl (C=O) groups is 1. The smallest absolute Gasteiger partial charge is 0.331 e. The number of rotatable bonds is 7. The molecule has 1 aromatic carbocycles. The van der Waals surface area contributed by atoms with E-state index in [1.165, 1.54) is 21.3 Å². The first-order chi connectivity index (χ1) is 9.44. The minimum Gasteiger partial charge on any atom is -0.469 e. The molecule has 0 aromatic heterocycles. The second-order valence-corrected chi connectivity index (χ2v) is 7.44. The molecule has 20 heavy (non-hydrogen) atoms. The maximum Gasteiger partial charge on any atom is 0.331 e. The van der Waals surface area contributed by atoms with E-state index in [0.29, 0.717) is 6.42 Å². The van der Waals surface area contributed by atoms with Crippen molar-refractivity contribution < 1.29 is 23.1 Å². The standard InChI is InChI=1S/C13H18BrO5P/c1-17-13(15)11(9-20(16,18-2)19-3)8-10-4-6-12(14)7-5-10/h4-7,11H,8-9H2,1-3H3/t11-/m1/s1. The van der Waals surface area contributed by atoms with Crippen LogP contribution in [0.4, 0.5) is 0 Å². The molecular weight excluding hydrogens is 347 g/mol. The number of hydrogen-bond acceptors (Lipinski definition) is 5. The van der Waals surface area contributed by atoms with Crippen LogP contribution in [-0.4, -0.2) is 33.5 Å². The lowest BCUT2D eigenvalue weighted by Crippen LogP contribution is -2.23. The summed E-state index contributed by atoms with van der Waals surface area (Å²) in [6.45, 7) is 0. The van der Waals surface area contributed by atoms with E-state index < -0.39 is 19.5 Å². The third-order valence-electron chi connectivity index (χ3n) is 2.93. The molecule has 1 aromatic rings. The van der Waals surface area contributed by atoms with Crippen molar-refractivity contribution in [1.82, 2.24) is 0 Å². The van der Waals surface area contributed by atoms with Gasteiger partial charge in [-0.3, -0.25) is 9.36 Å². The van der Waals surface area contributed by atoms with Crippen LogP contribution in [0.2, 0.25) is 0 Å². The van der Waals surface area contributed by atoms with E-state index in [4.69, 9.17) is 13.8 Å². The second kappa shape index (κ2) is 7.93. The number of esters is 1. The van der Waals surface area contributed by atoms with Crippen LogP contribution < -0.4 is 0 Å². The predicted molar refractivity (Wildman–Crippen MR) is 79.8 cm³/mol. The monoisotopic (exact) mass is 364 g/mol. The molecule has 0 saturated carbocycles. The number of hydrogen-bond donors (Lipinski definition) is 0. The Kier molecular flexibility index (Phi) is 6.89. The van der Waals surface area contributed by atoms with Crippen LogP contribution in [-0.2, 0) is 29.6 Å². The Balaban J connectivity index is 2.87. The molecule has 0 aliphatic heterocycles. The number of halogens is 1. The van der Waals surface area contributed by atoms with Gasteiger partial charge in [0.05, 0.1) is 19.2 Å². The third kappa shape index (κ3) is 5.02. The van der Waals surface area contributed by atoms with Crippen LogP contribution in [0.3, 0.4) is 0 Å². The van der Waals surface area contributed by atoms with Gasteiger partial charge in [-0.15, -0.1) is 0 Å². The molecule has 0 radical (unpaired) electrons. The zero-order chi connectivity index (χ0) is 15.2. The van der Waals surface area contributed by atoms with Crippen LogP contribution in [0.1, 0.15) is 5.56 Å². The fraction of sp³-hybridized carbons (Fsp3) is 0.462. The summed E-state index contributed by atoms with van der Waals surface area (Å²) in [5, 5.41) is 0. The van der Waals surface area contributed by atoms with Crippen LogP contribution in [0, 0.1) is 5.92 Å². The molecule has 0 aliphatic rings. The molecule has 0 aliphatic carbocycles. The summed E-state index contributed by atoms with van der Waals surface area (Å²) in [5.41, 5.74) is 0.947. The van der Waals surface area contributed by atoms with E-state index in [2.05, 4.69) is 15.9 Å². The minimum absolute atomic E-state index is 0.0112. The summed E-state index contributed by atoms with van der Waals surface area (Å²) in [5.74, 6) is -1.01. The summed E-state index contributed by atoms with van der Waals surface area (Å²) in [6.07, 6.45) is 0.402. The van der Waals surface area contributed by atoms with Gasteiger partial charge in [-0.05, 0) is 24.1 Å². The van der Waals surface area contributed by atoms with E-state index in [-0.39, 0.29) is 6.16 Å². The SMILES string of the molecule is COC(=O)[C@H](Cc1ccc(Br)cc1)CP(=O)(OC)OC. The molecule has 0 unspecified atom stereocenters. The summed E-state index contributed by atoms with van der Waals surface area (Å²) >= 11 is 3.35. The molecule has 7 heteroatoms. The van der Waals surface area contributed by atoms with E-state index in [1.54, 1.807) is 0 Å². The van der Waals surface area contributed by atoms with E-state index in [9.17, 15) is 9.36 Å². The summed E-state index contributed by atoms with van der Waals surface area (Å²) in [6, 6.07) is 7.56. The topological polar surface area (TPSA) is 61.8 Å². The van der Waals surface area contributed by atoms with Crippen molar-refractivity contribution in [1.29, 1.82) is 0 Å². The Labute approximate surface area is 127 Å². The van der Waals surface area contributed by atoms with E-state index in [0.717, 1.165) is 10.0 Å². The maximum atomic E-state index is 12.2. The lowest BCUT2D eigenvalue weighted by Gasteiger charge is -2.19. The molecule has 0 saturated heterocycles. The predicted octanol–water partition coefficient (Wildman–Crippen LogP) is 3.27. The van der Waals surface area contributed by atoms with Crippen molar-refractivity contribution in [3.8, 4) is 0 Å². The molecular formula is C13H18BrO5P. The van der Waals surface area contributed by atoms with Gasteiger partial charge in [0.25, 0.3) is 0 Å². The number of methoxy groups -OCH3 is 1. The highest BCUT2D eigenvalue weighted by atomic mass is 79.9. The average Bonchev–Trinajstić information content (AvgIpc) is 2.47. The van der Waals surface area contributed by atoms with Gasteiger partial charge in [0.2, 0.25) is 0 Å². The summed E-state index contributed by atoms with van der Waals surface area (Å²) in [7, 11) is 0.654. The molecule has 1 atom stereocenters. The van der Waals surface area contributed by atoms with Crippen molar-refractivity contribution in [3.63, 3.8) is 0 Å². The first-order valence-electron chi connectivity index (χ1n) is 5.97. The average molecular weight is 365 g/mol. The maximum absolute atomic E-state index is 12.2. The Morgan fingerprint density at radius 3 is 2.20 bits per heavy atom. The Hall–Kier alpha value is -0.680. The van der Waals surface area contributed by atoms with Crippen molar-refractivity contribution >= 4 is 29.5 Å². The number of ether oxygens (including phenoxy) is 1. The van der Waals surface area contributed by atoms with Gasteiger partial charge in [-0.25, -0.2) is 0 Å². The van der Waals surface area contributed by atoms with Crippen LogP contribution >= 0.6 is 23.5 Å². The number of carbonyl (C=O) groups excluding carboxylic acids is 1. The highest BCUT2D eigenvalue weighted by Gasteiger charge is 2.31.